The Labute approximate surface area is 148 Å². The van der Waals surface area contributed by atoms with E-state index in [9.17, 15) is 14.4 Å². The van der Waals surface area contributed by atoms with Gasteiger partial charge in [-0.1, -0.05) is 5.16 Å². The summed E-state index contributed by atoms with van der Waals surface area (Å²) in [5, 5.41) is 6.71. The number of likely N-dealkylation sites (tertiary alicyclic amines) is 1. The molecule has 1 amide bonds. The first kappa shape index (κ1) is 16.2. The molecule has 0 radical (unpaired) electrons. The lowest BCUT2D eigenvalue weighted by Crippen LogP contribution is -2.43. The molecule has 0 aromatic carbocycles. The Morgan fingerprint density at radius 3 is 2.76 bits per heavy atom. The Hall–Kier alpha value is -2.32. The second-order valence-corrected chi connectivity index (χ2v) is 7.59. The van der Waals surface area contributed by atoms with Crippen LogP contribution in [0.25, 0.3) is 0 Å². The van der Waals surface area contributed by atoms with E-state index >= 15 is 0 Å². The van der Waals surface area contributed by atoms with E-state index in [-0.39, 0.29) is 45.3 Å². The summed E-state index contributed by atoms with van der Waals surface area (Å²) in [5.74, 6) is -0.956. The van der Waals surface area contributed by atoms with E-state index in [1.165, 1.54) is 6.07 Å². The van der Waals surface area contributed by atoms with Gasteiger partial charge in [-0.05, 0) is 46.0 Å². The van der Waals surface area contributed by atoms with Crippen LogP contribution in [0.2, 0.25) is 0 Å². The zero-order chi connectivity index (χ0) is 17.7. The third-order valence-corrected chi connectivity index (χ3v) is 5.89. The lowest BCUT2D eigenvalue weighted by atomic mass is 9.93. The van der Waals surface area contributed by atoms with E-state index in [0.717, 1.165) is 37.3 Å². The van der Waals surface area contributed by atoms with E-state index < -0.39 is 0 Å². The van der Waals surface area contributed by atoms with Crippen LogP contribution in [0.4, 0.5) is 0 Å². The first-order valence-electron chi connectivity index (χ1n) is 8.14. The van der Waals surface area contributed by atoms with Crippen LogP contribution >= 0.6 is 11.3 Å². The lowest BCUT2D eigenvalue weighted by molar-refractivity contribution is 0.0920. The minimum Gasteiger partial charge on any atom is -0.352 e. The lowest BCUT2D eigenvalue weighted by Gasteiger charge is -2.29. The molecule has 4 rings (SSSR count). The maximum Gasteiger partial charge on any atom is 0.261 e. The molecular weight excluding hydrogens is 342 g/mol. The monoisotopic (exact) mass is 359 g/mol. The van der Waals surface area contributed by atoms with Crippen LogP contribution in [-0.2, 0) is 0 Å². The minimum absolute atomic E-state index is 0.0323. The number of nitrogens with zero attached hydrogens (tertiary/aromatic N) is 2. The van der Waals surface area contributed by atoms with Gasteiger partial charge >= 0.3 is 0 Å². The second-order valence-electron chi connectivity index (χ2n) is 6.53. The molecule has 0 spiro atoms. The fourth-order valence-electron chi connectivity index (χ4n) is 3.28. The number of carbonyl (C=O) groups excluding carboxylic acids is 3. The van der Waals surface area contributed by atoms with Gasteiger partial charge in [0.2, 0.25) is 17.3 Å². The van der Waals surface area contributed by atoms with Gasteiger partial charge in [-0.2, -0.15) is 0 Å². The van der Waals surface area contributed by atoms with Gasteiger partial charge in [0.15, 0.2) is 0 Å². The number of aromatic nitrogens is 1. The maximum atomic E-state index is 12.6. The maximum absolute atomic E-state index is 12.6. The highest BCUT2D eigenvalue weighted by atomic mass is 32.1. The first-order chi connectivity index (χ1) is 12.0. The highest BCUT2D eigenvalue weighted by molar-refractivity contribution is 7.16. The van der Waals surface area contributed by atoms with Crippen molar-refractivity contribution in [1.29, 1.82) is 0 Å². The Morgan fingerprint density at radius 1 is 1.32 bits per heavy atom. The Morgan fingerprint density at radius 2 is 2.04 bits per heavy atom. The summed E-state index contributed by atoms with van der Waals surface area (Å²) in [6.07, 6.45) is 1.79. The van der Waals surface area contributed by atoms with E-state index in [1.807, 2.05) is 0 Å². The van der Waals surface area contributed by atoms with Crippen molar-refractivity contribution in [2.75, 3.05) is 20.1 Å². The third-order valence-electron chi connectivity index (χ3n) is 4.76. The Balaban J connectivity index is 1.59. The van der Waals surface area contributed by atoms with E-state index in [4.69, 9.17) is 4.52 Å². The number of thiophene rings is 1. The molecule has 2 aromatic heterocycles. The zero-order valence-electron chi connectivity index (χ0n) is 13.9. The minimum atomic E-state index is -0.389. The van der Waals surface area contributed by atoms with Gasteiger partial charge < -0.3 is 14.7 Å². The molecule has 1 aliphatic heterocycles. The second kappa shape index (κ2) is 5.89. The van der Waals surface area contributed by atoms with Crippen molar-refractivity contribution in [1.82, 2.24) is 15.4 Å². The van der Waals surface area contributed by atoms with Gasteiger partial charge in [-0.25, -0.2) is 0 Å². The molecule has 0 bridgehead atoms. The normalized spacial score (nSPS) is 18.2. The van der Waals surface area contributed by atoms with Crippen molar-refractivity contribution in [2.45, 2.75) is 25.8 Å². The number of amides is 1. The predicted octanol–water partition coefficient (Wildman–Crippen LogP) is 1.64. The van der Waals surface area contributed by atoms with Gasteiger partial charge in [0, 0.05) is 11.6 Å². The van der Waals surface area contributed by atoms with Crippen LogP contribution < -0.4 is 5.32 Å². The first-order valence-corrected chi connectivity index (χ1v) is 8.96. The summed E-state index contributed by atoms with van der Waals surface area (Å²) < 4.78 is 5.01. The molecule has 0 atom stereocenters. The molecule has 0 unspecified atom stereocenters. The molecule has 25 heavy (non-hydrogen) atoms. The molecule has 2 aliphatic rings. The molecule has 1 saturated heterocycles. The fraction of sp³-hybridized carbons (Fsp3) is 0.412. The van der Waals surface area contributed by atoms with Gasteiger partial charge in [0.05, 0.1) is 21.0 Å². The van der Waals surface area contributed by atoms with Crippen molar-refractivity contribution in [2.24, 2.45) is 0 Å². The van der Waals surface area contributed by atoms with Gasteiger partial charge in [0.25, 0.3) is 5.91 Å². The molecule has 8 heteroatoms. The number of rotatable bonds is 2. The average molecular weight is 359 g/mol. The topological polar surface area (TPSA) is 92.5 Å². The number of hydrogen-bond acceptors (Lipinski definition) is 7. The third kappa shape index (κ3) is 2.61. The molecule has 2 aromatic rings. The van der Waals surface area contributed by atoms with Crippen molar-refractivity contribution in [3.8, 4) is 0 Å². The Bertz CT molecular complexity index is 890. The van der Waals surface area contributed by atoms with Crippen molar-refractivity contribution in [3.63, 3.8) is 0 Å². The predicted molar refractivity (Wildman–Crippen MR) is 90.4 cm³/mol. The number of hydrogen-bond donors (Lipinski definition) is 1. The van der Waals surface area contributed by atoms with Gasteiger partial charge in [0.1, 0.15) is 0 Å². The number of nitrogens with one attached hydrogen (secondary N) is 1. The van der Waals surface area contributed by atoms with E-state index in [2.05, 4.69) is 22.4 Å². The van der Waals surface area contributed by atoms with Crippen LogP contribution in [0.5, 0.6) is 0 Å². The smallest absolute Gasteiger partial charge is 0.261 e. The van der Waals surface area contributed by atoms with Crippen LogP contribution in [-0.4, -0.2) is 53.7 Å². The molecule has 1 N–H and O–H groups in total. The van der Waals surface area contributed by atoms with Crippen LogP contribution in [0, 0.1) is 6.92 Å². The van der Waals surface area contributed by atoms with Crippen LogP contribution in [0.15, 0.2) is 10.6 Å². The molecule has 7 nitrogen and oxygen atoms in total. The van der Waals surface area contributed by atoms with Gasteiger partial charge in [-0.15, -0.1) is 11.3 Å². The van der Waals surface area contributed by atoms with Crippen molar-refractivity contribution < 1.29 is 18.9 Å². The summed E-state index contributed by atoms with van der Waals surface area (Å²) in [7, 11) is 2.06. The summed E-state index contributed by atoms with van der Waals surface area (Å²) in [6.45, 7) is 3.50. The number of piperidine rings is 1. The van der Waals surface area contributed by atoms with E-state index in [0.29, 0.717) is 10.6 Å². The fourth-order valence-corrected chi connectivity index (χ4v) is 4.28. The van der Waals surface area contributed by atoms with E-state index in [1.54, 1.807) is 6.92 Å². The number of aryl methyl sites for hydroxylation is 1. The summed E-state index contributed by atoms with van der Waals surface area (Å²) in [5.41, 5.74) is 0.832. The Kier molecular flexibility index (Phi) is 3.81. The highest BCUT2D eigenvalue weighted by Crippen LogP contribution is 2.34. The summed E-state index contributed by atoms with van der Waals surface area (Å²) in [4.78, 5) is 40.6. The largest absolute Gasteiger partial charge is 0.352 e. The van der Waals surface area contributed by atoms with Crippen LogP contribution in [0.3, 0.4) is 0 Å². The zero-order valence-corrected chi connectivity index (χ0v) is 14.7. The molecule has 3 heterocycles. The van der Waals surface area contributed by atoms with Crippen molar-refractivity contribution in [3.05, 3.63) is 38.4 Å². The molecule has 1 aliphatic carbocycles. The summed E-state index contributed by atoms with van der Waals surface area (Å²) in [6, 6.07) is 1.61. The number of carbonyl (C=O) groups is 3. The summed E-state index contributed by atoms with van der Waals surface area (Å²) >= 11 is 1.06. The van der Waals surface area contributed by atoms with Crippen LogP contribution in [0.1, 0.15) is 59.6 Å². The standard InChI is InChI=1S/C17H17N3O4S/c1-8-12-14(22)16-10(13(21)15(12)24-19-8)7-11(25-16)17(23)18-9-3-5-20(2)6-4-9/h7,9H,3-6H2,1-2H3,(H,18,23). The highest BCUT2D eigenvalue weighted by Gasteiger charge is 2.38. The van der Waals surface area contributed by atoms with Crippen molar-refractivity contribution >= 4 is 28.8 Å². The molecule has 0 saturated carbocycles. The quantitative estimate of drug-likeness (QED) is 0.748. The molecular formula is C17H17N3O4S. The number of fused-ring (bicyclic) bond motifs is 2. The van der Waals surface area contributed by atoms with Gasteiger partial charge in [-0.3, -0.25) is 14.4 Å². The number of ketones is 2. The average Bonchev–Trinajstić information content (AvgIpc) is 3.20. The SMILES string of the molecule is Cc1noc2c1C(=O)c1sc(C(=O)NC3CCN(C)CC3)cc1C2=O. The molecule has 130 valence electrons. The molecule has 1 fully saturated rings.